The summed E-state index contributed by atoms with van der Waals surface area (Å²) in [4.78, 5) is 0. The van der Waals surface area contributed by atoms with E-state index >= 15 is 0 Å². The summed E-state index contributed by atoms with van der Waals surface area (Å²) in [5.74, 6) is 0.469. The van der Waals surface area contributed by atoms with Crippen molar-refractivity contribution in [3.63, 3.8) is 0 Å². The first-order valence-corrected chi connectivity index (χ1v) is 13.6. The molecular formula is C31H48O. The van der Waals surface area contributed by atoms with Crippen molar-refractivity contribution < 1.29 is 5.11 Å². The summed E-state index contributed by atoms with van der Waals surface area (Å²) < 4.78 is 0. The highest BCUT2D eigenvalue weighted by Crippen LogP contribution is 2.23. The third kappa shape index (κ3) is 11.2. The molecule has 0 saturated carbocycles. The number of rotatable bonds is 18. The van der Waals surface area contributed by atoms with Crippen LogP contribution in [0.5, 0.6) is 5.75 Å². The molecule has 0 saturated heterocycles. The maximum atomic E-state index is 10.4. The highest BCUT2D eigenvalue weighted by molar-refractivity contribution is 5.39. The Hall–Kier alpha value is -1.76. The van der Waals surface area contributed by atoms with E-state index in [1.807, 2.05) is 6.07 Å². The monoisotopic (exact) mass is 436 g/mol. The highest BCUT2D eigenvalue weighted by atomic mass is 16.3. The van der Waals surface area contributed by atoms with Crippen molar-refractivity contribution >= 4 is 0 Å². The molecule has 0 radical (unpaired) electrons. The molecule has 2 aromatic rings. The fourth-order valence-corrected chi connectivity index (χ4v) is 4.55. The van der Waals surface area contributed by atoms with Gasteiger partial charge < -0.3 is 5.11 Å². The van der Waals surface area contributed by atoms with Gasteiger partial charge in [0.05, 0.1) is 0 Å². The van der Waals surface area contributed by atoms with Crippen molar-refractivity contribution in [1.82, 2.24) is 0 Å². The molecule has 0 atom stereocenters. The molecule has 0 amide bonds. The van der Waals surface area contributed by atoms with E-state index in [1.54, 1.807) is 0 Å². The fourth-order valence-electron chi connectivity index (χ4n) is 4.55. The molecule has 0 aliphatic carbocycles. The first kappa shape index (κ1) is 26.5. The van der Waals surface area contributed by atoms with E-state index in [0.717, 1.165) is 18.4 Å². The average molecular weight is 437 g/mol. The zero-order valence-electron chi connectivity index (χ0n) is 21.0. The van der Waals surface area contributed by atoms with Gasteiger partial charge in [-0.1, -0.05) is 127 Å². The predicted octanol–water partition coefficient (Wildman–Crippen LogP) is 9.57. The maximum absolute atomic E-state index is 10.4. The van der Waals surface area contributed by atoms with Crippen LogP contribution in [0.3, 0.4) is 0 Å². The summed E-state index contributed by atoms with van der Waals surface area (Å²) in [6.45, 7) is 4.52. The molecule has 0 spiro atoms. The summed E-state index contributed by atoms with van der Waals surface area (Å²) in [6, 6.07) is 15.4. The molecule has 0 aliphatic heterocycles. The lowest BCUT2D eigenvalue weighted by Gasteiger charge is -2.09. The molecule has 0 bridgehead atoms. The number of aromatic hydroxyl groups is 1. The van der Waals surface area contributed by atoms with Gasteiger partial charge in [-0.3, -0.25) is 0 Å². The zero-order valence-corrected chi connectivity index (χ0v) is 21.0. The number of phenols is 1. The van der Waals surface area contributed by atoms with Crippen molar-refractivity contribution in [2.24, 2.45) is 0 Å². The van der Waals surface area contributed by atoms with E-state index in [2.05, 4.69) is 50.2 Å². The van der Waals surface area contributed by atoms with Gasteiger partial charge in [-0.15, -0.1) is 0 Å². The predicted molar refractivity (Wildman–Crippen MR) is 141 cm³/mol. The van der Waals surface area contributed by atoms with E-state index in [4.69, 9.17) is 0 Å². The molecule has 1 nitrogen and oxygen atoms in total. The molecule has 0 aliphatic rings. The van der Waals surface area contributed by atoms with Gasteiger partial charge in [-0.2, -0.15) is 0 Å². The van der Waals surface area contributed by atoms with Gasteiger partial charge in [0.25, 0.3) is 0 Å². The number of unbranched alkanes of at least 4 members (excludes halogenated alkanes) is 12. The van der Waals surface area contributed by atoms with E-state index in [1.165, 1.54) is 113 Å². The van der Waals surface area contributed by atoms with Gasteiger partial charge in [0.1, 0.15) is 5.75 Å². The van der Waals surface area contributed by atoms with Gasteiger partial charge in [0, 0.05) is 0 Å². The van der Waals surface area contributed by atoms with Crippen molar-refractivity contribution in [2.45, 2.75) is 123 Å². The fraction of sp³-hybridized carbons (Fsp3) is 0.613. The van der Waals surface area contributed by atoms with Gasteiger partial charge in [-0.25, -0.2) is 0 Å². The van der Waals surface area contributed by atoms with Crippen LogP contribution in [0, 0.1) is 0 Å². The quantitative estimate of drug-likeness (QED) is 0.231. The van der Waals surface area contributed by atoms with Gasteiger partial charge in [0.15, 0.2) is 0 Å². The lowest BCUT2D eigenvalue weighted by Crippen LogP contribution is -1.93. The van der Waals surface area contributed by atoms with E-state index in [-0.39, 0.29) is 0 Å². The van der Waals surface area contributed by atoms with Crippen LogP contribution in [-0.4, -0.2) is 5.11 Å². The molecular weight excluding hydrogens is 388 g/mol. The molecule has 0 unspecified atom stereocenters. The highest BCUT2D eigenvalue weighted by Gasteiger charge is 2.04. The number of phenolic OH excluding ortho intramolecular Hbond substituents is 1. The van der Waals surface area contributed by atoms with Crippen LogP contribution in [0.4, 0.5) is 0 Å². The van der Waals surface area contributed by atoms with E-state index < -0.39 is 0 Å². The molecule has 0 aromatic heterocycles. The van der Waals surface area contributed by atoms with Crippen LogP contribution in [0.2, 0.25) is 0 Å². The molecule has 1 N–H and O–H groups in total. The minimum absolute atomic E-state index is 0.469. The molecule has 1 heteroatoms. The zero-order chi connectivity index (χ0) is 22.9. The van der Waals surface area contributed by atoms with Crippen molar-refractivity contribution in [2.75, 3.05) is 0 Å². The van der Waals surface area contributed by atoms with Crippen LogP contribution in [-0.2, 0) is 19.3 Å². The minimum Gasteiger partial charge on any atom is -0.508 e. The minimum atomic E-state index is 0.469. The first-order chi connectivity index (χ1) is 15.7. The molecule has 2 aromatic carbocycles. The first-order valence-electron chi connectivity index (χ1n) is 13.6. The largest absolute Gasteiger partial charge is 0.508 e. The average Bonchev–Trinajstić information content (AvgIpc) is 2.80. The SMILES string of the molecule is CCCCCCCCCCCCc1ccc(Cc2ccc(CCCCCC)c(O)c2)cc1. The second kappa shape index (κ2) is 16.8. The second-order valence-electron chi connectivity index (χ2n) is 9.70. The Kier molecular flexibility index (Phi) is 13.9. The third-order valence-corrected chi connectivity index (χ3v) is 6.70. The van der Waals surface area contributed by atoms with Gasteiger partial charge in [0.2, 0.25) is 0 Å². The number of aryl methyl sites for hydroxylation is 2. The van der Waals surface area contributed by atoms with Crippen LogP contribution >= 0.6 is 0 Å². The number of benzene rings is 2. The smallest absolute Gasteiger partial charge is 0.119 e. The Balaban J connectivity index is 1.63. The van der Waals surface area contributed by atoms with Crippen molar-refractivity contribution in [3.8, 4) is 5.75 Å². The molecule has 0 fully saturated rings. The van der Waals surface area contributed by atoms with Crippen molar-refractivity contribution in [1.29, 1.82) is 0 Å². The van der Waals surface area contributed by atoms with E-state index in [9.17, 15) is 5.11 Å². The maximum Gasteiger partial charge on any atom is 0.119 e. The molecule has 178 valence electrons. The van der Waals surface area contributed by atoms with Gasteiger partial charge >= 0.3 is 0 Å². The van der Waals surface area contributed by atoms with Crippen LogP contribution in [0.1, 0.15) is 126 Å². The molecule has 32 heavy (non-hydrogen) atoms. The lowest BCUT2D eigenvalue weighted by molar-refractivity contribution is 0.465. The Morgan fingerprint density at radius 1 is 0.500 bits per heavy atom. The lowest BCUT2D eigenvalue weighted by atomic mass is 9.98. The van der Waals surface area contributed by atoms with Crippen LogP contribution < -0.4 is 0 Å². The summed E-state index contributed by atoms with van der Waals surface area (Å²) >= 11 is 0. The molecule has 0 heterocycles. The Morgan fingerprint density at radius 2 is 0.969 bits per heavy atom. The Bertz CT molecular complexity index is 716. The summed E-state index contributed by atoms with van der Waals surface area (Å²) in [5.41, 5.74) is 5.07. The number of hydrogen-bond acceptors (Lipinski definition) is 1. The Labute approximate surface area is 198 Å². The summed E-state index contributed by atoms with van der Waals surface area (Å²) in [7, 11) is 0. The molecule has 2 rings (SSSR count). The van der Waals surface area contributed by atoms with Gasteiger partial charge in [-0.05, 0) is 60.4 Å². The normalized spacial score (nSPS) is 11.2. The van der Waals surface area contributed by atoms with Crippen molar-refractivity contribution in [3.05, 3.63) is 64.7 Å². The Morgan fingerprint density at radius 3 is 1.56 bits per heavy atom. The van der Waals surface area contributed by atoms with E-state index in [0.29, 0.717) is 5.75 Å². The topological polar surface area (TPSA) is 20.2 Å². The summed E-state index contributed by atoms with van der Waals surface area (Å²) in [5, 5.41) is 10.4. The standard InChI is InChI=1S/C31H48O/c1-3-5-7-9-10-11-12-13-14-15-17-27-19-21-28(22-20-27)25-29-23-24-30(31(32)26-29)18-16-8-6-4-2/h19-24,26,32H,3-18,25H2,1-2H3. The second-order valence-corrected chi connectivity index (χ2v) is 9.70. The van der Waals surface area contributed by atoms with Crippen LogP contribution in [0.15, 0.2) is 42.5 Å². The summed E-state index contributed by atoms with van der Waals surface area (Å²) in [6.07, 6.45) is 22.0. The third-order valence-electron chi connectivity index (χ3n) is 6.70. The van der Waals surface area contributed by atoms with Crippen LogP contribution in [0.25, 0.3) is 0 Å². The number of hydrogen-bond donors (Lipinski definition) is 1.